The molecule has 0 bridgehead atoms. The Labute approximate surface area is 91.0 Å². The van der Waals surface area contributed by atoms with Gasteiger partial charge in [-0.1, -0.05) is 20.8 Å². The molecule has 1 rings (SSSR count). The molecule has 84 valence electrons. The Morgan fingerprint density at radius 1 is 1.47 bits per heavy atom. The number of nitrogens with two attached hydrogens (primary N) is 1. The van der Waals surface area contributed by atoms with Crippen molar-refractivity contribution in [3.05, 3.63) is 23.9 Å². The third kappa shape index (κ3) is 5.00. The number of rotatable bonds is 4. The van der Waals surface area contributed by atoms with Crippen LogP contribution in [0.5, 0.6) is 5.88 Å². The van der Waals surface area contributed by atoms with E-state index in [9.17, 15) is 0 Å². The van der Waals surface area contributed by atoms with Crippen molar-refractivity contribution >= 4 is 5.84 Å². The van der Waals surface area contributed by atoms with E-state index in [1.54, 1.807) is 12.1 Å². The van der Waals surface area contributed by atoms with Crippen LogP contribution in [0.15, 0.2) is 18.3 Å². The molecule has 3 N–H and O–H groups in total. The van der Waals surface area contributed by atoms with Gasteiger partial charge in [-0.05, 0) is 12.5 Å². The first-order valence-electron chi connectivity index (χ1n) is 5.17. The van der Waals surface area contributed by atoms with E-state index in [-0.39, 0.29) is 5.84 Å². The van der Waals surface area contributed by atoms with Crippen LogP contribution in [0.1, 0.15) is 32.8 Å². The van der Waals surface area contributed by atoms with E-state index in [1.807, 2.05) is 20.8 Å². The van der Waals surface area contributed by atoms with Crippen molar-refractivity contribution in [3.8, 4) is 5.88 Å². The SMILES string of the molecule is CC.CCCOc1ccc(C(=N)N)cn1. The lowest BCUT2D eigenvalue weighted by atomic mass is 10.3. The molecule has 0 saturated carbocycles. The minimum absolute atomic E-state index is 0.0227. The van der Waals surface area contributed by atoms with Crippen molar-refractivity contribution in [1.29, 1.82) is 5.41 Å². The topological polar surface area (TPSA) is 72.0 Å². The fraction of sp³-hybridized carbons (Fsp3) is 0.455. The molecule has 1 heterocycles. The van der Waals surface area contributed by atoms with Crippen LogP contribution >= 0.6 is 0 Å². The molecule has 0 spiro atoms. The number of nitrogens with zero attached hydrogens (tertiary/aromatic N) is 1. The molecule has 0 aliphatic carbocycles. The number of amidine groups is 1. The number of ether oxygens (including phenoxy) is 1. The Morgan fingerprint density at radius 2 is 2.13 bits per heavy atom. The monoisotopic (exact) mass is 209 g/mol. The fourth-order valence-corrected chi connectivity index (χ4v) is 0.832. The van der Waals surface area contributed by atoms with Crippen LogP contribution in [0, 0.1) is 5.41 Å². The molecular formula is C11H19N3O. The van der Waals surface area contributed by atoms with Gasteiger partial charge in [0, 0.05) is 17.8 Å². The predicted molar refractivity (Wildman–Crippen MR) is 62.4 cm³/mol. The zero-order valence-electron chi connectivity index (χ0n) is 9.58. The summed E-state index contributed by atoms with van der Waals surface area (Å²) in [5, 5.41) is 7.14. The summed E-state index contributed by atoms with van der Waals surface area (Å²) in [6.07, 6.45) is 2.49. The van der Waals surface area contributed by atoms with Crippen molar-refractivity contribution < 1.29 is 4.74 Å². The number of nitrogens with one attached hydrogen (secondary N) is 1. The first kappa shape index (κ1) is 13.4. The average molecular weight is 209 g/mol. The van der Waals surface area contributed by atoms with Gasteiger partial charge in [-0.15, -0.1) is 0 Å². The van der Waals surface area contributed by atoms with Crippen molar-refractivity contribution in [2.24, 2.45) is 5.73 Å². The second-order valence-electron chi connectivity index (χ2n) is 2.65. The summed E-state index contributed by atoms with van der Waals surface area (Å²) in [4.78, 5) is 3.99. The summed E-state index contributed by atoms with van der Waals surface area (Å²) in [6, 6.07) is 3.44. The maximum atomic E-state index is 7.14. The first-order valence-corrected chi connectivity index (χ1v) is 5.17. The molecule has 4 nitrogen and oxygen atoms in total. The summed E-state index contributed by atoms with van der Waals surface area (Å²) in [6.45, 7) is 6.69. The summed E-state index contributed by atoms with van der Waals surface area (Å²) in [7, 11) is 0. The number of pyridine rings is 1. The number of hydrogen-bond acceptors (Lipinski definition) is 3. The number of hydrogen-bond donors (Lipinski definition) is 2. The molecule has 1 aromatic heterocycles. The Balaban J connectivity index is 0.000000921. The zero-order valence-corrected chi connectivity index (χ0v) is 9.58. The van der Waals surface area contributed by atoms with Gasteiger partial charge in [-0.3, -0.25) is 5.41 Å². The van der Waals surface area contributed by atoms with Gasteiger partial charge in [-0.25, -0.2) is 4.98 Å². The van der Waals surface area contributed by atoms with Crippen LogP contribution in [0.3, 0.4) is 0 Å². The van der Waals surface area contributed by atoms with Crippen LogP contribution in [-0.2, 0) is 0 Å². The average Bonchev–Trinajstić information content (AvgIpc) is 2.29. The molecular weight excluding hydrogens is 190 g/mol. The molecule has 0 aliphatic rings. The minimum atomic E-state index is 0.0227. The van der Waals surface area contributed by atoms with Gasteiger partial charge in [0.25, 0.3) is 0 Å². The van der Waals surface area contributed by atoms with Crippen LogP contribution in [0.25, 0.3) is 0 Å². The van der Waals surface area contributed by atoms with E-state index in [0.29, 0.717) is 18.1 Å². The Hall–Kier alpha value is -1.58. The molecule has 0 amide bonds. The molecule has 0 aliphatic heterocycles. The lowest BCUT2D eigenvalue weighted by molar-refractivity contribution is 0.305. The van der Waals surface area contributed by atoms with Gasteiger partial charge in [0.1, 0.15) is 5.84 Å². The largest absolute Gasteiger partial charge is 0.478 e. The van der Waals surface area contributed by atoms with Gasteiger partial charge in [0.05, 0.1) is 6.61 Å². The highest BCUT2D eigenvalue weighted by atomic mass is 16.5. The van der Waals surface area contributed by atoms with Crippen LogP contribution in [0.4, 0.5) is 0 Å². The lowest BCUT2D eigenvalue weighted by Crippen LogP contribution is -2.11. The summed E-state index contributed by atoms with van der Waals surface area (Å²) in [5.74, 6) is 0.599. The highest BCUT2D eigenvalue weighted by Crippen LogP contribution is 2.06. The number of aromatic nitrogens is 1. The molecule has 0 radical (unpaired) electrons. The van der Waals surface area contributed by atoms with E-state index in [0.717, 1.165) is 6.42 Å². The van der Waals surface area contributed by atoms with E-state index in [2.05, 4.69) is 4.98 Å². The molecule has 1 aromatic rings. The van der Waals surface area contributed by atoms with Gasteiger partial charge < -0.3 is 10.5 Å². The van der Waals surface area contributed by atoms with Gasteiger partial charge in [-0.2, -0.15) is 0 Å². The van der Waals surface area contributed by atoms with Crippen molar-refractivity contribution in [3.63, 3.8) is 0 Å². The molecule has 0 saturated heterocycles. The maximum absolute atomic E-state index is 7.14. The quantitative estimate of drug-likeness (QED) is 0.589. The summed E-state index contributed by atoms with van der Waals surface area (Å²) in [5.41, 5.74) is 5.88. The van der Waals surface area contributed by atoms with Crippen LogP contribution in [0.2, 0.25) is 0 Å². The Kier molecular flexibility index (Phi) is 6.97. The van der Waals surface area contributed by atoms with E-state index in [4.69, 9.17) is 15.9 Å². The van der Waals surface area contributed by atoms with Gasteiger partial charge in [0.2, 0.25) is 5.88 Å². The Morgan fingerprint density at radius 3 is 2.53 bits per heavy atom. The van der Waals surface area contributed by atoms with Crippen LogP contribution < -0.4 is 10.5 Å². The van der Waals surface area contributed by atoms with Gasteiger partial charge in [0.15, 0.2) is 0 Å². The first-order chi connectivity index (χ1) is 7.24. The predicted octanol–water partition coefficient (Wildman–Crippen LogP) is 2.18. The molecule has 15 heavy (non-hydrogen) atoms. The zero-order chi connectivity index (χ0) is 11.7. The Bertz CT molecular complexity index is 282. The van der Waals surface area contributed by atoms with Gasteiger partial charge >= 0.3 is 0 Å². The van der Waals surface area contributed by atoms with Crippen molar-refractivity contribution in [2.75, 3.05) is 6.61 Å². The van der Waals surface area contributed by atoms with E-state index < -0.39 is 0 Å². The molecule has 0 aromatic carbocycles. The third-order valence-electron chi connectivity index (χ3n) is 1.50. The number of nitrogen functional groups attached to an aromatic ring is 1. The lowest BCUT2D eigenvalue weighted by Gasteiger charge is -2.03. The standard InChI is InChI=1S/C9H13N3O.C2H6/c1-2-5-13-8-4-3-7(6-12-8)9(10)11;1-2/h3-4,6H,2,5H2,1H3,(H3,10,11);1-2H3. The third-order valence-corrected chi connectivity index (χ3v) is 1.50. The van der Waals surface area contributed by atoms with Crippen molar-refractivity contribution in [1.82, 2.24) is 4.98 Å². The fourth-order valence-electron chi connectivity index (χ4n) is 0.832. The normalized spacial score (nSPS) is 8.73. The molecule has 0 atom stereocenters. The van der Waals surface area contributed by atoms with Crippen LogP contribution in [-0.4, -0.2) is 17.4 Å². The highest BCUT2D eigenvalue weighted by molar-refractivity contribution is 5.94. The summed E-state index contributed by atoms with van der Waals surface area (Å²) < 4.78 is 5.27. The van der Waals surface area contributed by atoms with Crippen molar-refractivity contribution in [2.45, 2.75) is 27.2 Å². The minimum Gasteiger partial charge on any atom is -0.478 e. The summed E-state index contributed by atoms with van der Waals surface area (Å²) >= 11 is 0. The highest BCUT2D eigenvalue weighted by Gasteiger charge is 1.97. The molecule has 0 fully saturated rings. The van der Waals surface area contributed by atoms with E-state index in [1.165, 1.54) is 6.20 Å². The molecule has 4 heteroatoms. The maximum Gasteiger partial charge on any atom is 0.213 e. The smallest absolute Gasteiger partial charge is 0.213 e. The molecule has 0 unspecified atom stereocenters. The van der Waals surface area contributed by atoms with E-state index >= 15 is 0 Å². The second kappa shape index (κ2) is 7.79. The second-order valence-corrected chi connectivity index (χ2v) is 2.65.